The molecule has 0 saturated heterocycles. The van der Waals surface area contributed by atoms with Gasteiger partial charge in [0.15, 0.2) is 5.76 Å². The molecule has 0 radical (unpaired) electrons. The Labute approximate surface area is 153 Å². The average Bonchev–Trinajstić information content (AvgIpc) is 2.98. The van der Waals surface area contributed by atoms with Gasteiger partial charge in [0.25, 0.3) is 5.88 Å². The number of hydrogen-bond donors (Lipinski definition) is 2. The maximum atomic E-state index is 14.0. The van der Waals surface area contributed by atoms with Gasteiger partial charge >= 0.3 is 0 Å². The lowest BCUT2D eigenvalue weighted by Gasteiger charge is -2.35. The molecule has 0 amide bonds. The highest BCUT2D eigenvalue weighted by Gasteiger charge is 2.36. The van der Waals surface area contributed by atoms with Crippen molar-refractivity contribution in [1.82, 2.24) is 21.3 Å². The number of aromatic nitrogens is 3. The minimum absolute atomic E-state index is 0. The van der Waals surface area contributed by atoms with Crippen LogP contribution in [0.4, 0.5) is 8.78 Å². The van der Waals surface area contributed by atoms with Crippen LogP contribution in [0.15, 0.2) is 35.1 Å². The van der Waals surface area contributed by atoms with Gasteiger partial charge in [0.2, 0.25) is 5.88 Å². The molecule has 2 aromatic heterocycles. The van der Waals surface area contributed by atoms with Crippen LogP contribution in [0.5, 0.6) is 11.8 Å². The van der Waals surface area contributed by atoms with Crippen LogP contribution in [0.3, 0.4) is 0 Å². The molecular formula is C18H18F2N4O3. The first kappa shape index (κ1) is 18.7. The molecule has 1 fully saturated rings. The second-order valence-corrected chi connectivity index (χ2v) is 6.34. The highest BCUT2D eigenvalue weighted by molar-refractivity contribution is 5.51. The molecule has 0 unspecified atom stereocenters. The zero-order valence-electron chi connectivity index (χ0n) is 14.5. The number of aryl methyl sites for hydroxylation is 1. The van der Waals surface area contributed by atoms with Gasteiger partial charge in [-0.3, -0.25) is 0 Å². The number of hydrogen-bond acceptors (Lipinski definition) is 7. The Morgan fingerprint density at radius 1 is 1.11 bits per heavy atom. The first-order chi connectivity index (χ1) is 12.5. The van der Waals surface area contributed by atoms with Crippen molar-refractivity contribution in [2.75, 3.05) is 0 Å². The zero-order valence-corrected chi connectivity index (χ0v) is 14.5. The Bertz CT molecular complexity index is 917. The Morgan fingerprint density at radius 3 is 2.37 bits per heavy atom. The van der Waals surface area contributed by atoms with E-state index in [0.717, 1.165) is 0 Å². The third-order valence-electron chi connectivity index (χ3n) is 4.39. The molecule has 0 bridgehead atoms. The van der Waals surface area contributed by atoms with Crippen molar-refractivity contribution in [3.05, 3.63) is 53.4 Å². The zero-order chi connectivity index (χ0) is 18.3. The van der Waals surface area contributed by atoms with Gasteiger partial charge in [-0.05, 0) is 48.5 Å². The molecule has 3 aromatic rings. The fraction of sp³-hybridized carbons (Fsp3) is 0.278. The van der Waals surface area contributed by atoms with Crippen molar-refractivity contribution >= 4 is 0 Å². The first-order valence-corrected chi connectivity index (χ1v) is 8.10. The number of benzene rings is 1. The normalized spacial score (nSPS) is 18.5. The first-order valence-electron chi connectivity index (χ1n) is 8.10. The van der Waals surface area contributed by atoms with Crippen LogP contribution in [-0.2, 0) is 0 Å². The van der Waals surface area contributed by atoms with E-state index < -0.39 is 11.6 Å². The fourth-order valence-corrected chi connectivity index (χ4v) is 3.06. The number of aromatic hydroxyl groups is 1. The third kappa shape index (κ3) is 3.72. The van der Waals surface area contributed by atoms with E-state index in [0.29, 0.717) is 30.0 Å². The predicted molar refractivity (Wildman–Crippen MR) is 91.7 cm³/mol. The van der Waals surface area contributed by atoms with Gasteiger partial charge in [0, 0.05) is 5.56 Å². The molecule has 1 aliphatic carbocycles. The van der Waals surface area contributed by atoms with Gasteiger partial charge in [-0.25, -0.2) is 18.7 Å². The van der Waals surface area contributed by atoms with Gasteiger partial charge in [0.05, 0.1) is 18.5 Å². The SMILES string of the molecule is Cc1cc(F)c([C@H]2C[C@@H](Oc3cnc(-c4cc(O)no4)cn3)C2)c(F)c1.N. The van der Waals surface area contributed by atoms with Gasteiger partial charge < -0.3 is 20.5 Å². The van der Waals surface area contributed by atoms with Gasteiger partial charge in [-0.1, -0.05) is 0 Å². The van der Waals surface area contributed by atoms with Crippen LogP contribution < -0.4 is 10.9 Å². The van der Waals surface area contributed by atoms with Crippen molar-refractivity contribution in [2.45, 2.75) is 31.8 Å². The Balaban J connectivity index is 0.00000210. The molecule has 142 valence electrons. The maximum absolute atomic E-state index is 14.0. The van der Waals surface area contributed by atoms with Gasteiger partial charge in [-0.2, -0.15) is 0 Å². The minimum Gasteiger partial charge on any atom is -0.491 e. The highest BCUT2D eigenvalue weighted by Crippen LogP contribution is 2.41. The lowest BCUT2D eigenvalue weighted by Crippen LogP contribution is -2.33. The summed E-state index contributed by atoms with van der Waals surface area (Å²) in [4.78, 5) is 8.26. The van der Waals surface area contributed by atoms with Crippen molar-refractivity contribution in [3.63, 3.8) is 0 Å². The fourth-order valence-electron chi connectivity index (χ4n) is 3.06. The van der Waals surface area contributed by atoms with Crippen molar-refractivity contribution in [1.29, 1.82) is 0 Å². The van der Waals surface area contributed by atoms with Crippen LogP contribution >= 0.6 is 0 Å². The van der Waals surface area contributed by atoms with E-state index in [-0.39, 0.29) is 35.4 Å². The van der Waals surface area contributed by atoms with E-state index in [1.54, 1.807) is 6.92 Å². The highest BCUT2D eigenvalue weighted by atomic mass is 19.1. The summed E-state index contributed by atoms with van der Waals surface area (Å²) in [5.74, 6) is -0.861. The summed E-state index contributed by atoms with van der Waals surface area (Å²) in [6, 6.07) is 4.02. The molecule has 1 aromatic carbocycles. The summed E-state index contributed by atoms with van der Waals surface area (Å²) in [6.07, 6.45) is 3.71. The molecular weight excluding hydrogens is 358 g/mol. The van der Waals surface area contributed by atoms with E-state index >= 15 is 0 Å². The van der Waals surface area contributed by atoms with Crippen molar-refractivity contribution < 1.29 is 23.1 Å². The quantitative estimate of drug-likeness (QED) is 0.709. The minimum atomic E-state index is -0.509. The molecule has 0 spiro atoms. The van der Waals surface area contributed by atoms with E-state index in [2.05, 4.69) is 15.1 Å². The second kappa shape index (κ2) is 7.28. The molecule has 1 saturated carbocycles. The smallest absolute Gasteiger partial charge is 0.252 e. The molecule has 4 rings (SSSR count). The Morgan fingerprint density at radius 2 is 1.81 bits per heavy atom. The molecule has 2 heterocycles. The Hall–Kier alpha value is -3.07. The lowest BCUT2D eigenvalue weighted by atomic mass is 9.77. The summed E-state index contributed by atoms with van der Waals surface area (Å²) >= 11 is 0. The number of nitrogens with zero attached hydrogens (tertiary/aromatic N) is 3. The van der Waals surface area contributed by atoms with Crippen LogP contribution in [0.25, 0.3) is 11.5 Å². The summed E-state index contributed by atoms with van der Waals surface area (Å²) in [5, 5.41) is 12.5. The predicted octanol–water partition coefficient (Wildman–Crippen LogP) is 3.91. The molecule has 0 atom stereocenters. The van der Waals surface area contributed by atoms with E-state index in [4.69, 9.17) is 14.4 Å². The van der Waals surface area contributed by atoms with Gasteiger partial charge in [-0.15, -0.1) is 0 Å². The van der Waals surface area contributed by atoms with E-state index in [1.807, 2.05) is 0 Å². The van der Waals surface area contributed by atoms with Crippen molar-refractivity contribution in [2.24, 2.45) is 0 Å². The number of rotatable bonds is 4. The molecule has 1 aliphatic rings. The summed E-state index contributed by atoms with van der Waals surface area (Å²) < 4.78 is 38.6. The number of ether oxygens (including phenoxy) is 1. The van der Waals surface area contributed by atoms with E-state index in [9.17, 15) is 8.78 Å². The molecule has 9 heteroatoms. The Kier molecular flexibility index (Phi) is 5.04. The number of halogens is 2. The second-order valence-electron chi connectivity index (χ2n) is 6.34. The summed E-state index contributed by atoms with van der Waals surface area (Å²) in [6.45, 7) is 1.66. The van der Waals surface area contributed by atoms with Crippen molar-refractivity contribution in [3.8, 4) is 23.2 Å². The molecule has 7 nitrogen and oxygen atoms in total. The van der Waals surface area contributed by atoms with Crippen LogP contribution in [0.1, 0.15) is 29.9 Å². The van der Waals surface area contributed by atoms with Crippen LogP contribution in [0, 0.1) is 18.6 Å². The average molecular weight is 376 g/mol. The van der Waals surface area contributed by atoms with Crippen LogP contribution in [-0.4, -0.2) is 26.3 Å². The monoisotopic (exact) mass is 376 g/mol. The topological polar surface area (TPSA) is 116 Å². The van der Waals surface area contributed by atoms with Crippen LogP contribution in [0.2, 0.25) is 0 Å². The van der Waals surface area contributed by atoms with E-state index in [1.165, 1.54) is 30.6 Å². The summed E-state index contributed by atoms with van der Waals surface area (Å²) in [5.41, 5.74) is 1.09. The van der Waals surface area contributed by atoms with Gasteiger partial charge in [0.1, 0.15) is 23.4 Å². The summed E-state index contributed by atoms with van der Waals surface area (Å²) in [7, 11) is 0. The largest absolute Gasteiger partial charge is 0.491 e. The standard InChI is InChI=1S/C18H15F2N3O3.H3N/c1-9-2-12(19)18(13(20)3-9)10-4-11(5-10)25-17-8-21-14(7-22-17)15-6-16(24)23-26-15;/h2-3,6-8,10-11H,4-5H2,1H3,(H,23,24);1H3/t10-,11+;. The maximum Gasteiger partial charge on any atom is 0.252 e. The molecule has 0 aliphatic heterocycles. The molecule has 27 heavy (non-hydrogen) atoms. The molecule has 4 N–H and O–H groups in total. The lowest BCUT2D eigenvalue weighted by molar-refractivity contribution is 0.0904. The third-order valence-corrected chi connectivity index (χ3v) is 4.39.